The molecule has 1 amide bonds. The molecule has 1 heterocycles. The van der Waals surface area contributed by atoms with Gasteiger partial charge >= 0.3 is 5.97 Å². The molecule has 1 aromatic rings. The number of carbonyl (C=O) groups excluding carboxylic acids is 2. The zero-order chi connectivity index (χ0) is 14.8. The Kier molecular flexibility index (Phi) is 4.06. The monoisotopic (exact) mass is 278 g/mol. The second-order valence-corrected chi connectivity index (χ2v) is 4.95. The van der Waals surface area contributed by atoms with E-state index in [4.69, 9.17) is 15.2 Å². The molecule has 1 atom stereocenters. The molecular weight excluding hydrogens is 260 g/mol. The second-order valence-electron chi connectivity index (χ2n) is 4.95. The first-order chi connectivity index (χ1) is 9.46. The topological polar surface area (TPSA) is 90.7 Å². The van der Waals surface area contributed by atoms with Crippen molar-refractivity contribution in [3.8, 4) is 0 Å². The van der Waals surface area contributed by atoms with Crippen LogP contribution in [0.4, 0.5) is 5.69 Å². The molecule has 108 valence electrons. The zero-order valence-corrected chi connectivity index (χ0v) is 11.6. The number of rotatable bonds is 3. The summed E-state index contributed by atoms with van der Waals surface area (Å²) in [6, 6.07) is 5.13. The highest BCUT2D eigenvalue weighted by atomic mass is 16.5. The van der Waals surface area contributed by atoms with Gasteiger partial charge in [0.15, 0.2) is 0 Å². The van der Waals surface area contributed by atoms with E-state index >= 15 is 0 Å². The van der Waals surface area contributed by atoms with E-state index in [1.54, 1.807) is 18.2 Å². The van der Waals surface area contributed by atoms with Crippen LogP contribution >= 0.6 is 0 Å². The summed E-state index contributed by atoms with van der Waals surface area (Å²) in [7, 11) is 1.30. The molecule has 0 aliphatic carbocycles. The predicted octanol–water partition coefficient (Wildman–Crippen LogP) is 0.838. The number of methoxy groups -OCH3 is 1. The Morgan fingerprint density at radius 3 is 2.80 bits per heavy atom. The van der Waals surface area contributed by atoms with E-state index in [0.29, 0.717) is 24.3 Å². The van der Waals surface area contributed by atoms with Crippen molar-refractivity contribution in [3.63, 3.8) is 0 Å². The van der Waals surface area contributed by atoms with Gasteiger partial charge < -0.3 is 20.5 Å². The molecule has 1 aliphatic rings. The molecule has 6 nitrogen and oxygen atoms in total. The lowest BCUT2D eigenvalue weighted by molar-refractivity contribution is -0.121. The molecule has 0 aromatic heterocycles. The van der Waals surface area contributed by atoms with Crippen LogP contribution in [0.15, 0.2) is 18.2 Å². The number of carbonyl (C=O) groups is 2. The lowest BCUT2D eigenvalue weighted by Crippen LogP contribution is -2.51. The molecule has 1 aromatic carbocycles. The van der Waals surface area contributed by atoms with Crippen molar-refractivity contribution in [1.82, 2.24) is 0 Å². The largest absolute Gasteiger partial charge is 0.465 e. The summed E-state index contributed by atoms with van der Waals surface area (Å²) in [6.07, 6.45) is 0.457. The van der Waals surface area contributed by atoms with Crippen LogP contribution in [0, 0.1) is 6.92 Å². The second kappa shape index (κ2) is 5.60. The fourth-order valence-electron chi connectivity index (χ4n) is 2.05. The van der Waals surface area contributed by atoms with Crippen molar-refractivity contribution < 1.29 is 19.1 Å². The highest BCUT2D eigenvalue weighted by molar-refractivity contribution is 6.04. The Morgan fingerprint density at radius 1 is 1.45 bits per heavy atom. The van der Waals surface area contributed by atoms with Crippen LogP contribution in [0.3, 0.4) is 0 Å². The Labute approximate surface area is 117 Å². The maximum atomic E-state index is 12.2. The molecule has 1 fully saturated rings. The summed E-state index contributed by atoms with van der Waals surface area (Å²) in [4.78, 5) is 24.0. The third-order valence-corrected chi connectivity index (χ3v) is 3.33. The first kappa shape index (κ1) is 14.5. The Hall–Kier alpha value is -1.92. The van der Waals surface area contributed by atoms with Crippen LogP contribution < -0.4 is 11.1 Å². The predicted molar refractivity (Wildman–Crippen MR) is 73.5 cm³/mol. The molecule has 0 saturated carbocycles. The molecule has 2 rings (SSSR count). The highest BCUT2D eigenvalue weighted by Gasteiger charge is 2.38. The first-order valence-electron chi connectivity index (χ1n) is 6.33. The van der Waals surface area contributed by atoms with Crippen molar-refractivity contribution in [3.05, 3.63) is 29.3 Å². The molecule has 0 radical (unpaired) electrons. The molecular formula is C14H18N2O4. The van der Waals surface area contributed by atoms with Gasteiger partial charge in [-0.2, -0.15) is 0 Å². The van der Waals surface area contributed by atoms with E-state index in [2.05, 4.69) is 5.32 Å². The van der Waals surface area contributed by atoms with Gasteiger partial charge in [-0.25, -0.2) is 4.79 Å². The molecule has 0 bridgehead atoms. The Balaban J connectivity index is 2.25. The lowest BCUT2D eigenvalue weighted by atomic mass is 9.98. The van der Waals surface area contributed by atoms with E-state index in [9.17, 15) is 9.59 Å². The molecule has 6 heteroatoms. The summed E-state index contributed by atoms with van der Waals surface area (Å²) in [5.74, 6) is -0.859. The number of aryl methyl sites for hydroxylation is 1. The van der Waals surface area contributed by atoms with Crippen molar-refractivity contribution in [2.75, 3.05) is 25.6 Å². The maximum Gasteiger partial charge on any atom is 0.339 e. The van der Waals surface area contributed by atoms with Gasteiger partial charge in [0, 0.05) is 6.61 Å². The number of benzene rings is 1. The first-order valence-corrected chi connectivity index (χ1v) is 6.33. The van der Waals surface area contributed by atoms with Gasteiger partial charge in [0.25, 0.3) is 0 Å². The lowest BCUT2D eigenvalue weighted by Gasteiger charge is -2.21. The number of esters is 1. The minimum absolute atomic E-state index is 0.179. The van der Waals surface area contributed by atoms with Crippen molar-refractivity contribution in [2.45, 2.75) is 18.9 Å². The van der Waals surface area contributed by atoms with Crippen LogP contribution in [0.1, 0.15) is 22.3 Å². The highest BCUT2D eigenvalue weighted by Crippen LogP contribution is 2.22. The summed E-state index contributed by atoms with van der Waals surface area (Å²) in [5, 5.41) is 2.69. The van der Waals surface area contributed by atoms with Crippen LogP contribution in [0.25, 0.3) is 0 Å². The van der Waals surface area contributed by atoms with Crippen LogP contribution in [-0.2, 0) is 14.3 Å². The van der Waals surface area contributed by atoms with Gasteiger partial charge in [0.1, 0.15) is 5.54 Å². The number of nitrogens with two attached hydrogens (primary N) is 1. The molecule has 20 heavy (non-hydrogen) atoms. The van der Waals surface area contributed by atoms with Crippen LogP contribution in [-0.4, -0.2) is 37.7 Å². The fourth-order valence-corrected chi connectivity index (χ4v) is 2.05. The van der Waals surface area contributed by atoms with E-state index in [1.807, 2.05) is 6.92 Å². The number of ether oxygens (including phenoxy) is 2. The van der Waals surface area contributed by atoms with Gasteiger partial charge in [-0.1, -0.05) is 11.6 Å². The zero-order valence-electron chi connectivity index (χ0n) is 11.6. The average Bonchev–Trinajstić information content (AvgIpc) is 2.88. The van der Waals surface area contributed by atoms with E-state index < -0.39 is 11.5 Å². The maximum absolute atomic E-state index is 12.2. The summed E-state index contributed by atoms with van der Waals surface area (Å²) in [6.45, 7) is 2.49. The molecule has 1 aliphatic heterocycles. The quantitative estimate of drug-likeness (QED) is 0.799. The van der Waals surface area contributed by atoms with E-state index in [0.717, 1.165) is 5.56 Å². The number of hydrogen-bond acceptors (Lipinski definition) is 5. The minimum atomic E-state index is -1.04. The Bertz CT molecular complexity index is 536. The van der Waals surface area contributed by atoms with Crippen molar-refractivity contribution in [2.24, 2.45) is 5.73 Å². The van der Waals surface area contributed by atoms with Gasteiger partial charge in [-0.3, -0.25) is 4.79 Å². The van der Waals surface area contributed by atoms with Crippen LogP contribution in [0.5, 0.6) is 0 Å². The Morgan fingerprint density at radius 2 is 2.20 bits per heavy atom. The SMILES string of the molecule is COC(=O)c1cc(C)ccc1NC(=O)C1(N)CCOC1. The van der Waals surface area contributed by atoms with Gasteiger partial charge in [0.05, 0.1) is 25.0 Å². The van der Waals surface area contributed by atoms with Gasteiger partial charge in [-0.05, 0) is 25.5 Å². The molecule has 0 spiro atoms. The van der Waals surface area contributed by atoms with Crippen molar-refractivity contribution in [1.29, 1.82) is 0 Å². The standard InChI is InChI=1S/C14H18N2O4/c1-9-3-4-11(10(7-9)12(17)19-2)16-13(18)14(15)5-6-20-8-14/h3-4,7H,5-6,8,15H2,1-2H3,(H,16,18). The van der Waals surface area contributed by atoms with Gasteiger partial charge in [-0.15, -0.1) is 0 Å². The average molecular weight is 278 g/mol. The van der Waals surface area contributed by atoms with Gasteiger partial charge in [0.2, 0.25) is 5.91 Å². The van der Waals surface area contributed by atoms with Crippen LogP contribution in [0.2, 0.25) is 0 Å². The van der Waals surface area contributed by atoms with E-state index in [-0.39, 0.29) is 12.5 Å². The third-order valence-electron chi connectivity index (χ3n) is 3.33. The number of amides is 1. The van der Waals surface area contributed by atoms with Crippen molar-refractivity contribution >= 4 is 17.6 Å². The number of anilines is 1. The minimum Gasteiger partial charge on any atom is -0.465 e. The third kappa shape index (κ3) is 2.81. The molecule has 1 saturated heterocycles. The normalized spacial score (nSPS) is 21.6. The number of nitrogens with one attached hydrogen (secondary N) is 1. The smallest absolute Gasteiger partial charge is 0.339 e. The molecule has 1 unspecified atom stereocenters. The fraction of sp³-hybridized carbons (Fsp3) is 0.429. The molecule has 3 N–H and O–H groups in total. The van der Waals surface area contributed by atoms with E-state index in [1.165, 1.54) is 7.11 Å². The summed E-state index contributed by atoms with van der Waals surface area (Å²) in [5.41, 5.74) is 6.54. The number of hydrogen-bond donors (Lipinski definition) is 2. The summed E-state index contributed by atoms with van der Waals surface area (Å²) < 4.78 is 9.88. The summed E-state index contributed by atoms with van der Waals surface area (Å²) >= 11 is 0.